The van der Waals surface area contributed by atoms with Crippen molar-refractivity contribution < 1.29 is 9.53 Å². The Morgan fingerprint density at radius 1 is 0.548 bits per heavy atom. The van der Waals surface area contributed by atoms with Gasteiger partial charge in [0.1, 0.15) is 16.9 Å². The number of piperazine rings is 4. The third kappa shape index (κ3) is 13.7. The van der Waals surface area contributed by atoms with Crippen LogP contribution in [0.2, 0.25) is 0 Å². The number of carbonyl (C=O) groups is 1. The smallest absolute Gasteiger partial charge is 0.410 e. The largest absolute Gasteiger partial charge is 0.444 e. The zero-order valence-corrected chi connectivity index (χ0v) is 43.2. The van der Waals surface area contributed by atoms with Gasteiger partial charge in [0, 0.05) is 189 Å². The lowest BCUT2D eigenvalue weighted by atomic mass is 10.2. The van der Waals surface area contributed by atoms with Crippen LogP contribution in [0.4, 0.5) is 39.4 Å². The third-order valence-electron chi connectivity index (χ3n) is 13.9. The monoisotopic (exact) mass is 997 g/mol. The molecule has 0 spiro atoms. The number of hydrogen-bond acceptors (Lipinski definition) is 17. The highest BCUT2D eigenvalue weighted by molar-refractivity contribution is 5.77. The van der Waals surface area contributed by atoms with Crippen molar-refractivity contribution in [2.45, 2.75) is 39.5 Å². The summed E-state index contributed by atoms with van der Waals surface area (Å²) in [6.07, 6.45) is 3.26. The molecule has 0 unspecified atom stereocenters. The van der Waals surface area contributed by atoms with Crippen molar-refractivity contribution in [1.29, 1.82) is 0 Å². The molecule has 4 aliphatic heterocycles. The topological polar surface area (TPSA) is 181 Å². The minimum absolute atomic E-state index is 0.0289. The first-order valence-electron chi connectivity index (χ1n) is 25.8. The first-order chi connectivity index (χ1) is 35.3. The summed E-state index contributed by atoms with van der Waals surface area (Å²) in [6, 6.07) is 23.4. The Morgan fingerprint density at radius 3 is 1.40 bits per heavy atom. The minimum Gasteiger partial charge on any atom is -0.444 e. The van der Waals surface area contributed by atoms with Gasteiger partial charge in [-0.25, -0.2) is 14.8 Å². The van der Waals surface area contributed by atoms with E-state index in [2.05, 4.69) is 106 Å². The molecule has 73 heavy (non-hydrogen) atoms. The van der Waals surface area contributed by atoms with Gasteiger partial charge in [-0.15, -0.1) is 0 Å². The van der Waals surface area contributed by atoms with Gasteiger partial charge in [0.15, 0.2) is 0 Å². The molecule has 0 saturated carbocycles. The fraction of sp³-hybridized carbons (Fsp3) is 0.491. The molecular weight excluding hydrogens is 925 g/mol. The molecule has 1 amide bonds. The molecule has 10 rings (SSSR count). The van der Waals surface area contributed by atoms with E-state index < -0.39 is 5.60 Å². The summed E-state index contributed by atoms with van der Waals surface area (Å²) in [6.45, 7) is 23.3. The zero-order valence-electron chi connectivity index (χ0n) is 43.2. The Bertz CT molecular complexity index is 2890. The van der Waals surface area contributed by atoms with Crippen molar-refractivity contribution in [2.75, 3.05) is 152 Å². The van der Waals surface area contributed by atoms with Crippen LogP contribution in [0.25, 0.3) is 22.1 Å². The van der Waals surface area contributed by atoms with Crippen molar-refractivity contribution >= 4 is 62.8 Å². The first kappa shape index (κ1) is 51.2. The zero-order chi connectivity index (χ0) is 50.9. The average molecular weight is 997 g/mol. The highest BCUT2D eigenvalue weighted by atomic mass is 16.6. The summed E-state index contributed by atoms with van der Waals surface area (Å²) < 4.78 is 8.97. The quantitative estimate of drug-likeness (QED) is 0.160. The molecule has 0 aliphatic carbocycles. The van der Waals surface area contributed by atoms with Gasteiger partial charge >= 0.3 is 6.09 Å². The van der Waals surface area contributed by atoms with Gasteiger partial charge in [0.05, 0.1) is 0 Å². The lowest BCUT2D eigenvalue weighted by molar-refractivity contribution is 0.0143. The fourth-order valence-corrected chi connectivity index (χ4v) is 9.49. The van der Waals surface area contributed by atoms with Gasteiger partial charge in [-0.1, -0.05) is 0 Å². The van der Waals surface area contributed by atoms with Crippen LogP contribution < -0.4 is 36.9 Å². The number of pyridine rings is 2. The summed E-state index contributed by atoms with van der Waals surface area (Å²) >= 11 is 0. The number of carbonyl (C=O) groups excluding carboxylic acids is 1. The molecule has 20 nitrogen and oxygen atoms in total. The van der Waals surface area contributed by atoms with Gasteiger partial charge in [0.25, 0.3) is 11.1 Å². The Balaban J connectivity index is 0.000000183. The molecule has 4 aliphatic rings. The van der Waals surface area contributed by atoms with Crippen molar-refractivity contribution in [3.63, 3.8) is 0 Å². The van der Waals surface area contributed by atoms with E-state index in [1.165, 1.54) is 11.4 Å². The molecule has 4 fully saturated rings. The fourth-order valence-electron chi connectivity index (χ4n) is 9.49. The number of aromatic nitrogens is 6. The molecule has 3 N–H and O–H groups in total. The average Bonchev–Trinajstić information content (AvgIpc) is 3.39. The number of anilines is 6. The van der Waals surface area contributed by atoms with E-state index in [0.29, 0.717) is 55.9 Å². The maximum atomic E-state index is 12.8. The number of likely N-dealkylation sites (N-methyl/N-ethyl adjacent to an activating group) is 2. The maximum Gasteiger partial charge on any atom is 0.410 e. The van der Waals surface area contributed by atoms with E-state index in [9.17, 15) is 14.4 Å². The molecular formula is C53H72N16O4. The highest BCUT2D eigenvalue weighted by Crippen LogP contribution is 2.24. The number of nitrogens with one attached hydrogen (secondary N) is 3. The van der Waals surface area contributed by atoms with Gasteiger partial charge in [0.2, 0.25) is 11.9 Å². The minimum atomic E-state index is -0.507. The Kier molecular flexibility index (Phi) is 16.4. The molecule has 2 aromatic carbocycles. The van der Waals surface area contributed by atoms with Crippen LogP contribution in [0.15, 0.2) is 94.8 Å². The third-order valence-corrected chi connectivity index (χ3v) is 13.9. The second-order valence-corrected chi connectivity index (χ2v) is 20.4. The normalized spacial score (nSPS) is 17.6. The molecule has 6 aromatic rings. The summed E-state index contributed by atoms with van der Waals surface area (Å²) in [5.41, 5.74) is 4.90. The Labute approximate surface area is 427 Å². The lowest BCUT2D eigenvalue weighted by Crippen LogP contribution is -2.50. The summed E-state index contributed by atoms with van der Waals surface area (Å²) in [7, 11) is 4.32. The second-order valence-electron chi connectivity index (χ2n) is 20.4. The van der Waals surface area contributed by atoms with E-state index >= 15 is 0 Å². The van der Waals surface area contributed by atoms with Gasteiger partial charge in [-0.2, -0.15) is 9.97 Å². The summed E-state index contributed by atoms with van der Waals surface area (Å²) in [4.78, 5) is 72.1. The van der Waals surface area contributed by atoms with Crippen molar-refractivity contribution in [2.24, 2.45) is 0 Å². The standard InChI is InChI=1S/C29H40N8O3.C24H32N8O/c1-29(2,3)40-28(39)36-18-13-34(14-19-36)15-20-37-25(38)10-5-22-21-30-27(32-26(22)37)31-23-6-8-24(9-7-23)35-16-11-33(4)12-17-35;1-29-12-15-31(16-13-29)21-5-3-20(4-6-21)27-24-26-18-19-2-7-22(33)32(23(19)28-24)17-14-30-10-8-25-9-11-30/h5-10,21H,11-20H2,1-4H3,(H,30,31,32);2-7,18,25H,8-17H2,1H3,(H,26,27,28). The summed E-state index contributed by atoms with van der Waals surface area (Å²) in [5.74, 6) is 0.946. The number of rotatable bonds is 12. The number of amides is 1. The van der Waals surface area contributed by atoms with E-state index in [-0.39, 0.29) is 17.2 Å². The molecule has 4 saturated heterocycles. The van der Waals surface area contributed by atoms with Crippen LogP contribution in [0.1, 0.15) is 20.8 Å². The van der Waals surface area contributed by atoms with Crippen LogP contribution in [0, 0.1) is 0 Å². The lowest BCUT2D eigenvalue weighted by Gasteiger charge is -2.35. The second kappa shape index (κ2) is 23.4. The number of hydrogen-bond donors (Lipinski definition) is 3. The predicted molar refractivity (Wildman–Crippen MR) is 290 cm³/mol. The number of nitrogens with zero attached hydrogens (tertiary/aromatic N) is 13. The predicted octanol–water partition coefficient (Wildman–Crippen LogP) is 4.03. The van der Waals surface area contributed by atoms with E-state index in [1.54, 1.807) is 50.7 Å². The van der Waals surface area contributed by atoms with Gasteiger partial charge in [-0.3, -0.25) is 28.5 Å². The number of benzene rings is 2. The van der Waals surface area contributed by atoms with Crippen molar-refractivity contribution in [1.82, 2.24) is 58.9 Å². The van der Waals surface area contributed by atoms with E-state index in [0.717, 1.165) is 120 Å². The number of fused-ring (bicyclic) bond motifs is 2. The van der Waals surface area contributed by atoms with Crippen LogP contribution >= 0.6 is 0 Å². The first-order valence-corrected chi connectivity index (χ1v) is 25.8. The molecule has 0 atom stereocenters. The van der Waals surface area contributed by atoms with Crippen LogP contribution in [-0.2, 0) is 17.8 Å². The van der Waals surface area contributed by atoms with Gasteiger partial charge < -0.3 is 45.2 Å². The summed E-state index contributed by atoms with van der Waals surface area (Å²) in [5, 5.41) is 11.6. The Morgan fingerprint density at radius 2 is 0.973 bits per heavy atom. The van der Waals surface area contributed by atoms with Crippen molar-refractivity contribution in [3.05, 3.63) is 106 Å². The SMILES string of the molecule is CN1CCN(c2ccc(Nc3ncc4ccc(=O)n(CCN5CCN(C(=O)OC(C)(C)C)CC5)c4n3)cc2)CC1.CN1CCN(c2ccc(Nc3ncc4ccc(=O)n(CCN5CCNCC5)c4n3)cc2)CC1. The van der Waals surface area contributed by atoms with E-state index in [4.69, 9.17) is 14.7 Å². The van der Waals surface area contributed by atoms with Gasteiger partial charge in [-0.05, 0) is 95.5 Å². The molecule has 388 valence electrons. The van der Waals surface area contributed by atoms with Crippen molar-refractivity contribution in [3.8, 4) is 0 Å². The van der Waals surface area contributed by atoms with E-state index in [1.807, 2.05) is 32.9 Å². The molecule has 0 radical (unpaired) electrons. The van der Waals surface area contributed by atoms with Crippen LogP contribution in [0.3, 0.4) is 0 Å². The molecule has 8 heterocycles. The molecule has 4 aromatic heterocycles. The van der Waals surface area contributed by atoms with Crippen LogP contribution in [-0.4, -0.2) is 197 Å². The highest BCUT2D eigenvalue weighted by Gasteiger charge is 2.26. The Hall–Kier alpha value is -6.71. The number of ether oxygens (including phenoxy) is 1. The molecule has 20 heteroatoms. The maximum absolute atomic E-state index is 12.8. The van der Waals surface area contributed by atoms with Crippen LogP contribution in [0.5, 0.6) is 0 Å². The molecule has 0 bridgehead atoms.